The minimum atomic E-state index is -0.432. The second kappa shape index (κ2) is 4.24. The lowest BCUT2D eigenvalue weighted by molar-refractivity contribution is 0.135. The smallest absolute Gasteiger partial charge is 0.0852 e. The molecule has 0 aromatic heterocycles. The monoisotopic (exact) mass is 176 g/mol. The molecule has 0 aliphatic rings. The molecule has 1 aromatic carbocycles. The van der Waals surface area contributed by atoms with Crippen LogP contribution in [0.2, 0.25) is 0 Å². The maximum atomic E-state index is 9.90. The molecule has 0 radical (unpaired) electrons. The Morgan fingerprint density at radius 2 is 1.85 bits per heavy atom. The zero-order chi connectivity index (χ0) is 9.84. The zero-order valence-corrected chi connectivity index (χ0v) is 8.20. The predicted octanol–water partition coefficient (Wildman–Crippen LogP) is 2.93. The lowest BCUT2D eigenvalue weighted by Crippen LogP contribution is -2.09. The van der Waals surface area contributed by atoms with Crippen LogP contribution < -0.4 is 0 Å². The van der Waals surface area contributed by atoms with Gasteiger partial charge in [0.2, 0.25) is 0 Å². The molecule has 0 bridgehead atoms. The van der Waals surface area contributed by atoms with E-state index in [9.17, 15) is 5.11 Å². The van der Waals surface area contributed by atoms with Crippen LogP contribution in [0.3, 0.4) is 0 Å². The van der Waals surface area contributed by atoms with Crippen LogP contribution in [0, 0.1) is 5.92 Å². The van der Waals surface area contributed by atoms with E-state index in [0.717, 1.165) is 11.1 Å². The van der Waals surface area contributed by atoms with Crippen LogP contribution >= 0.6 is 0 Å². The maximum absolute atomic E-state index is 9.90. The topological polar surface area (TPSA) is 20.2 Å². The lowest BCUT2D eigenvalue weighted by atomic mass is 9.92. The van der Waals surface area contributed by atoms with Crippen molar-refractivity contribution in [3.63, 3.8) is 0 Å². The van der Waals surface area contributed by atoms with Gasteiger partial charge in [-0.05, 0) is 12.5 Å². The number of hydrogen-bond donors (Lipinski definition) is 1. The molecule has 0 fully saturated rings. The number of aliphatic hydroxyl groups is 1. The Morgan fingerprint density at radius 3 is 2.31 bits per heavy atom. The minimum Gasteiger partial charge on any atom is -0.388 e. The maximum Gasteiger partial charge on any atom is 0.0852 e. The molecule has 1 nitrogen and oxygen atoms in total. The number of hydrogen-bond acceptors (Lipinski definition) is 1. The average Bonchev–Trinajstić information content (AvgIpc) is 2.17. The highest BCUT2D eigenvalue weighted by Crippen LogP contribution is 2.25. The largest absolute Gasteiger partial charge is 0.388 e. The van der Waals surface area contributed by atoms with Crippen molar-refractivity contribution in [2.45, 2.75) is 20.0 Å². The third kappa shape index (κ3) is 2.43. The first-order valence-corrected chi connectivity index (χ1v) is 4.51. The molecule has 0 spiro atoms. The van der Waals surface area contributed by atoms with Crippen molar-refractivity contribution in [1.29, 1.82) is 0 Å². The molecule has 0 aliphatic heterocycles. The summed E-state index contributed by atoms with van der Waals surface area (Å²) in [7, 11) is 0. The molecule has 1 N–H and O–H groups in total. The number of benzene rings is 1. The van der Waals surface area contributed by atoms with Gasteiger partial charge in [-0.2, -0.15) is 0 Å². The average molecular weight is 176 g/mol. The van der Waals surface area contributed by atoms with Crippen molar-refractivity contribution in [2.75, 3.05) is 0 Å². The normalized spacial score (nSPS) is 15.0. The first-order valence-electron chi connectivity index (χ1n) is 4.51. The Labute approximate surface area is 79.7 Å². The summed E-state index contributed by atoms with van der Waals surface area (Å²) in [6, 6.07) is 9.68. The van der Waals surface area contributed by atoms with Crippen LogP contribution in [-0.2, 0) is 0 Å². The molecule has 2 atom stereocenters. The van der Waals surface area contributed by atoms with Crippen molar-refractivity contribution in [3.05, 3.63) is 48.0 Å². The van der Waals surface area contributed by atoms with Gasteiger partial charge < -0.3 is 5.11 Å². The van der Waals surface area contributed by atoms with Crippen molar-refractivity contribution >= 4 is 0 Å². The molecular weight excluding hydrogens is 160 g/mol. The third-order valence-corrected chi connectivity index (χ3v) is 2.39. The Bertz CT molecular complexity index is 276. The van der Waals surface area contributed by atoms with Gasteiger partial charge in [0.25, 0.3) is 0 Å². The van der Waals surface area contributed by atoms with Crippen LogP contribution in [0.5, 0.6) is 0 Å². The fraction of sp³-hybridized carbons (Fsp3) is 0.333. The van der Waals surface area contributed by atoms with Gasteiger partial charge in [-0.3, -0.25) is 0 Å². The van der Waals surface area contributed by atoms with E-state index in [0.29, 0.717) is 0 Å². The van der Waals surface area contributed by atoms with Crippen LogP contribution in [0.4, 0.5) is 0 Å². The van der Waals surface area contributed by atoms with Crippen LogP contribution in [-0.4, -0.2) is 5.11 Å². The van der Waals surface area contributed by atoms with Gasteiger partial charge >= 0.3 is 0 Å². The first kappa shape index (κ1) is 10.0. The Kier molecular flexibility index (Phi) is 3.26. The van der Waals surface area contributed by atoms with E-state index >= 15 is 0 Å². The Morgan fingerprint density at radius 1 is 1.31 bits per heavy atom. The van der Waals surface area contributed by atoms with Crippen LogP contribution in [0.25, 0.3) is 0 Å². The Balaban J connectivity index is 2.79. The molecule has 13 heavy (non-hydrogen) atoms. The molecule has 0 saturated carbocycles. The van der Waals surface area contributed by atoms with E-state index in [1.54, 1.807) is 0 Å². The van der Waals surface area contributed by atoms with E-state index in [1.807, 2.05) is 44.2 Å². The van der Waals surface area contributed by atoms with Gasteiger partial charge in [0.15, 0.2) is 0 Å². The summed E-state index contributed by atoms with van der Waals surface area (Å²) in [5, 5.41) is 9.90. The van der Waals surface area contributed by atoms with E-state index in [4.69, 9.17) is 0 Å². The molecule has 0 unspecified atom stereocenters. The highest BCUT2D eigenvalue weighted by Gasteiger charge is 2.15. The van der Waals surface area contributed by atoms with Crippen LogP contribution in [0.1, 0.15) is 25.5 Å². The molecule has 0 aliphatic carbocycles. The Hall–Kier alpha value is -1.08. The highest BCUT2D eigenvalue weighted by atomic mass is 16.3. The molecule has 0 heterocycles. The number of aliphatic hydroxyl groups excluding tert-OH is 1. The zero-order valence-electron chi connectivity index (χ0n) is 8.20. The van der Waals surface area contributed by atoms with Gasteiger partial charge in [-0.15, -0.1) is 0 Å². The summed E-state index contributed by atoms with van der Waals surface area (Å²) in [5.74, 6) is 0.113. The van der Waals surface area contributed by atoms with Gasteiger partial charge in [0.1, 0.15) is 0 Å². The molecular formula is C12H16O. The molecule has 70 valence electrons. The molecule has 0 amide bonds. The standard InChI is InChI=1S/C12H16O/c1-9(2)10(3)12(13)11-7-5-4-6-8-11/h4-8,10,12-13H,1H2,2-3H3/t10-,12-/m1/s1. The predicted molar refractivity (Wildman–Crippen MR) is 55.4 cm³/mol. The van der Waals surface area contributed by atoms with Crippen LogP contribution in [0.15, 0.2) is 42.5 Å². The fourth-order valence-corrected chi connectivity index (χ4v) is 1.21. The molecule has 1 rings (SSSR count). The second-order valence-corrected chi connectivity index (χ2v) is 3.49. The van der Waals surface area contributed by atoms with E-state index < -0.39 is 6.10 Å². The van der Waals surface area contributed by atoms with Crippen molar-refractivity contribution in [1.82, 2.24) is 0 Å². The summed E-state index contributed by atoms with van der Waals surface area (Å²) in [6.07, 6.45) is -0.432. The lowest BCUT2D eigenvalue weighted by Gasteiger charge is -2.18. The quantitative estimate of drug-likeness (QED) is 0.702. The number of rotatable bonds is 3. The van der Waals surface area contributed by atoms with Gasteiger partial charge in [0.05, 0.1) is 6.10 Å². The molecule has 1 aromatic rings. The second-order valence-electron chi connectivity index (χ2n) is 3.49. The summed E-state index contributed by atoms with van der Waals surface area (Å²) in [6.45, 7) is 7.77. The summed E-state index contributed by atoms with van der Waals surface area (Å²) < 4.78 is 0. The van der Waals surface area contributed by atoms with Crippen molar-refractivity contribution < 1.29 is 5.11 Å². The van der Waals surface area contributed by atoms with E-state index in [1.165, 1.54) is 0 Å². The van der Waals surface area contributed by atoms with Gasteiger partial charge in [-0.25, -0.2) is 0 Å². The van der Waals surface area contributed by atoms with E-state index in [-0.39, 0.29) is 5.92 Å². The third-order valence-electron chi connectivity index (χ3n) is 2.39. The summed E-state index contributed by atoms with van der Waals surface area (Å²) in [5.41, 5.74) is 1.97. The molecule has 0 saturated heterocycles. The highest BCUT2D eigenvalue weighted by molar-refractivity contribution is 5.20. The summed E-state index contributed by atoms with van der Waals surface area (Å²) in [4.78, 5) is 0. The molecule has 1 heteroatoms. The fourth-order valence-electron chi connectivity index (χ4n) is 1.21. The van der Waals surface area contributed by atoms with Gasteiger partial charge in [0, 0.05) is 5.92 Å². The van der Waals surface area contributed by atoms with E-state index in [2.05, 4.69) is 6.58 Å². The van der Waals surface area contributed by atoms with Gasteiger partial charge in [-0.1, -0.05) is 49.4 Å². The van der Waals surface area contributed by atoms with Crippen molar-refractivity contribution in [2.24, 2.45) is 5.92 Å². The summed E-state index contributed by atoms with van der Waals surface area (Å²) >= 11 is 0. The SMILES string of the molecule is C=C(C)[C@@H](C)[C@@H](O)c1ccccc1. The van der Waals surface area contributed by atoms with Crippen molar-refractivity contribution in [3.8, 4) is 0 Å². The first-order chi connectivity index (χ1) is 6.13. The minimum absolute atomic E-state index is 0.113.